The Kier molecular flexibility index (Phi) is 4.99. The number of rotatable bonds is 4. The molecule has 2 fully saturated rings. The van der Waals surface area contributed by atoms with Gasteiger partial charge in [-0.05, 0) is 25.7 Å². The van der Waals surface area contributed by atoms with E-state index in [1.807, 2.05) is 0 Å². The molecule has 0 atom stereocenters. The average molecular weight is 260 g/mol. The van der Waals surface area contributed by atoms with E-state index in [4.69, 9.17) is 8.85 Å². The molecule has 2 aliphatic carbocycles. The third-order valence-electron chi connectivity index (χ3n) is 3.74. The van der Waals surface area contributed by atoms with Gasteiger partial charge in [-0.25, -0.2) is 0 Å². The van der Waals surface area contributed by atoms with E-state index in [1.165, 1.54) is 12.8 Å². The topological polar surface area (TPSA) is 58.9 Å². The monoisotopic (exact) mass is 260 g/mol. The zero-order valence-electron chi connectivity index (χ0n) is 10.4. The van der Waals surface area contributed by atoms with Gasteiger partial charge in [0.1, 0.15) is 0 Å². The third-order valence-corrected chi connectivity index (χ3v) is 5.03. The molecule has 2 aliphatic rings. The van der Waals surface area contributed by atoms with E-state index in [-0.39, 0.29) is 12.2 Å². The van der Waals surface area contributed by atoms with Crippen LogP contribution in [0.5, 0.6) is 0 Å². The van der Waals surface area contributed by atoms with Crippen LogP contribution in [0.1, 0.15) is 64.2 Å². The minimum Gasteiger partial charge on any atom is -0.367 e. The predicted octanol–water partition coefficient (Wildman–Crippen LogP) is 2.11. The molecule has 0 unspecified atom stereocenters. The van der Waals surface area contributed by atoms with E-state index in [9.17, 15) is 9.59 Å². The van der Waals surface area contributed by atoms with Crippen LogP contribution in [0.4, 0.5) is 0 Å². The summed E-state index contributed by atoms with van der Waals surface area (Å²) in [7, 11) is -3.88. The Balaban J connectivity index is 1.75. The maximum absolute atomic E-state index is 9.87. The van der Waals surface area contributed by atoms with Gasteiger partial charge >= 0.3 is 9.05 Å². The second-order valence-corrected chi connectivity index (χ2v) is 6.87. The molecule has 5 heteroatoms. The Morgan fingerprint density at radius 2 is 1.00 bits per heavy atom. The minimum absolute atomic E-state index is 0.00555. The molecule has 0 radical (unpaired) electrons. The summed E-state index contributed by atoms with van der Waals surface area (Å²) in [6.07, 6.45) is 10.7. The van der Waals surface area contributed by atoms with Gasteiger partial charge in [0.05, 0.1) is 12.2 Å². The molecule has 0 aliphatic heterocycles. The molecule has 2 saturated carbocycles. The minimum atomic E-state index is -3.88. The first-order valence-electron chi connectivity index (χ1n) is 6.96. The van der Waals surface area contributed by atoms with E-state index >= 15 is 0 Å². The van der Waals surface area contributed by atoms with Gasteiger partial charge < -0.3 is 18.4 Å². The van der Waals surface area contributed by atoms with Crippen LogP contribution in [0.3, 0.4) is 0 Å². The van der Waals surface area contributed by atoms with Crippen LogP contribution in [0.2, 0.25) is 0 Å². The molecule has 0 spiro atoms. The van der Waals surface area contributed by atoms with Gasteiger partial charge in [0.25, 0.3) is 0 Å². The second kappa shape index (κ2) is 6.29. The van der Waals surface area contributed by atoms with Crippen molar-refractivity contribution in [3.63, 3.8) is 0 Å². The highest BCUT2D eigenvalue weighted by atomic mass is 28.4. The van der Waals surface area contributed by atoms with Gasteiger partial charge in [-0.3, -0.25) is 0 Å². The van der Waals surface area contributed by atoms with Crippen molar-refractivity contribution in [2.24, 2.45) is 0 Å². The van der Waals surface area contributed by atoms with Crippen molar-refractivity contribution >= 4 is 9.05 Å². The maximum atomic E-state index is 9.87. The van der Waals surface area contributed by atoms with Crippen LogP contribution in [-0.2, 0) is 8.85 Å². The lowest BCUT2D eigenvalue weighted by Crippen LogP contribution is -2.49. The SMILES string of the molecule is O[Si](O)(OC1CCCCC1)OC1CCCCC1. The van der Waals surface area contributed by atoms with Crippen LogP contribution < -0.4 is 0 Å². The largest absolute Gasteiger partial charge is 0.674 e. The molecule has 0 aromatic heterocycles. The lowest BCUT2D eigenvalue weighted by atomic mass is 9.98. The first kappa shape index (κ1) is 13.5. The predicted molar refractivity (Wildman–Crippen MR) is 66.1 cm³/mol. The van der Waals surface area contributed by atoms with Crippen molar-refractivity contribution in [2.75, 3.05) is 0 Å². The molecular formula is C12H24O4Si. The fraction of sp³-hybridized carbons (Fsp3) is 1.00. The van der Waals surface area contributed by atoms with E-state index in [0.717, 1.165) is 51.4 Å². The molecule has 17 heavy (non-hydrogen) atoms. The Morgan fingerprint density at radius 1 is 0.647 bits per heavy atom. The normalized spacial score (nSPS) is 25.1. The first-order chi connectivity index (χ1) is 8.16. The highest BCUT2D eigenvalue weighted by molar-refractivity contribution is 6.50. The number of hydrogen-bond acceptors (Lipinski definition) is 4. The number of hydrogen-bond donors (Lipinski definition) is 2. The summed E-state index contributed by atoms with van der Waals surface area (Å²) in [5, 5.41) is 0. The molecule has 0 saturated heterocycles. The van der Waals surface area contributed by atoms with E-state index in [2.05, 4.69) is 0 Å². The summed E-state index contributed by atoms with van der Waals surface area (Å²) in [6.45, 7) is 0. The van der Waals surface area contributed by atoms with Crippen molar-refractivity contribution < 1.29 is 18.4 Å². The molecule has 0 heterocycles. The maximum Gasteiger partial charge on any atom is 0.674 e. The summed E-state index contributed by atoms with van der Waals surface area (Å²) >= 11 is 0. The van der Waals surface area contributed by atoms with Crippen LogP contribution >= 0.6 is 0 Å². The Morgan fingerprint density at radius 3 is 1.35 bits per heavy atom. The lowest BCUT2D eigenvalue weighted by Gasteiger charge is -2.31. The molecule has 0 bridgehead atoms. The highest BCUT2D eigenvalue weighted by Crippen LogP contribution is 2.26. The van der Waals surface area contributed by atoms with Crippen LogP contribution in [-0.4, -0.2) is 30.8 Å². The summed E-state index contributed by atoms with van der Waals surface area (Å²) in [6, 6.07) is 0. The molecule has 0 aromatic rings. The molecule has 0 aromatic carbocycles. The van der Waals surface area contributed by atoms with Crippen molar-refractivity contribution in [3.05, 3.63) is 0 Å². The Labute approximate surface area is 104 Å². The lowest BCUT2D eigenvalue weighted by molar-refractivity contribution is -0.0466. The quantitative estimate of drug-likeness (QED) is 0.760. The van der Waals surface area contributed by atoms with Crippen LogP contribution in [0, 0.1) is 0 Å². The van der Waals surface area contributed by atoms with Crippen molar-refractivity contribution in [3.8, 4) is 0 Å². The summed E-state index contributed by atoms with van der Waals surface area (Å²) in [4.78, 5) is 19.7. The zero-order chi connectivity index (χ0) is 12.1. The molecule has 0 amide bonds. The van der Waals surface area contributed by atoms with E-state index < -0.39 is 9.05 Å². The van der Waals surface area contributed by atoms with Crippen molar-refractivity contribution in [1.29, 1.82) is 0 Å². The molecule has 2 rings (SSSR count). The summed E-state index contributed by atoms with van der Waals surface area (Å²) in [5.41, 5.74) is 0. The molecule has 4 nitrogen and oxygen atoms in total. The smallest absolute Gasteiger partial charge is 0.367 e. The first-order valence-corrected chi connectivity index (χ1v) is 8.67. The Hall–Kier alpha value is 0.0569. The molecular weight excluding hydrogens is 236 g/mol. The van der Waals surface area contributed by atoms with Gasteiger partial charge in [0.2, 0.25) is 0 Å². The molecule has 2 N–H and O–H groups in total. The van der Waals surface area contributed by atoms with Gasteiger partial charge in [-0.1, -0.05) is 38.5 Å². The van der Waals surface area contributed by atoms with Gasteiger partial charge in [0.15, 0.2) is 0 Å². The van der Waals surface area contributed by atoms with E-state index in [0.29, 0.717) is 0 Å². The van der Waals surface area contributed by atoms with Crippen molar-refractivity contribution in [1.82, 2.24) is 0 Å². The zero-order valence-corrected chi connectivity index (χ0v) is 11.4. The highest BCUT2D eigenvalue weighted by Gasteiger charge is 2.42. The van der Waals surface area contributed by atoms with Gasteiger partial charge in [-0.2, -0.15) is 0 Å². The van der Waals surface area contributed by atoms with Crippen molar-refractivity contribution in [2.45, 2.75) is 76.4 Å². The fourth-order valence-electron chi connectivity index (χ4n) is 2.83. The van der Waals surface area contributed by atoms with E-state index in [1.54, 1.807) is 0 Å². The van der Waals surface area contributed by atoms with Gasteiger partial charge in [-0.15, -0.1) is 0 Å². The van der Waals surface area contributed by atoms with Crippen LogP contribution in [0.25, 0.3) is 0 Å². The summed E-state index contributed by atoms with van der Waals surface area (Å²) < 4.78 is 10.8. The average Bonchev–Trinajstić information content (AvgIpc) is 2.30. The third kappa shape index (κ3) is 4.67. The standard InChI is InChI=1S/C12H24O4Si/c13-17(14,15-11-7-3-1-4-8-11)16-12-9-5-2-6-10-12/h11-14H,1-10H2. The Bertz CT molecular complexity index is 201. The van der Waals surface area contributed by atoms with Crippen LogP contribution in [0.15, 0.2) is 0 Å². The second-order valence-electron chi connectivity index (χ2n) is 5.30. The fourth-order valence-corrected chi connectivity index (χ4v) is 4.22. The summed E-state index contributed by atoms with van der Waals surface area (Å²) in [5.74, 6) is 0. The molecule has 100 valence electrons. The van der Waals surface area contributed by atoms with Gasteiger partial charge in [0, 0.05) is 0 Å².